The summed E-state index contributed by atoms with van der Waals surface area (Å²) in [4.78, 5) is 1.28. The number of anilines is 1. The van der Waals surface area contributed by atoms with Crippen LogP contribution < -0.4 is 10.1 Å². The molecule has 3 heteroatoms. The first kappa shape index (κ1) is 11.6. The molecule has 0 aliphatic carbocycles. The summed E-state index contributed by atoms with van der Waals surface area (Å²) in [6.07, 6.45) is 0.110. The summed E-state index contributed by atoms with van der Waals surface area (Å²) < 4.78 is 6.22. The zero-order valence-corrected chi connectivity index (χ0v) is 11.7. The zero-order valence-electron chi connectivity index (χ0n) is 10.9. The number of ether oxygens (including phenoxy) is 1. The fourth-order valence-corrected chi connectivity index (χ4v) is 3.38. The molecule has 2 heterocycles. The van der Waals surface area contributed by atoms with Gasteiger partial charge in [-0.3, -0.25) is 0 Å². The Balaban J connectivity index is 2.01. The Morgan fingerprint density at radius 1 is 1.28 bits per heavy atom. The quantitative estimate of drug-likeness (QED) is 0.824. The zero-order chi connectivity index (χ0) is 12.7. The predicted octanol–water partition coefficient (Wildman–Crippen LogP) is 4.30. The molecular weight excluding hydrogens is 242 g/mol. The Morgan fingerprint density at radius 3 is 2.83 bits per heavy atom. The largest absolute Gasteiger partial charge is 0.480 e. The van der Waals surface area contributed by atoms with Crippen molar-refractivity contribution in [2.24, 2.45) is 0 Å². The van der Waals surface area contributed by atoms with Crippen LogP contribution in [0.2, 0.25) is 0 Å². The first-order valence-electron chi connectivity index (χ1n) is 6.23. The summed E-state index contributed by atoms with van der Waals surface area (Å²) in [5.74, 6) is 0.997. The van der Waals surface area contributed by atoms with Crippen molar-refractivity contribution >= 4 is 17.0 Å². The highest BCUT2D eigenvalue weighted by Crippen LogP contribution is 2.41. The van der Waals surface area contributed by atoms with Crippen LogP contribution in [-0.2, 0) is 0 Å². The molecule has 18 heavy (non-hydrogen) atoms. The number of hydrogen-bond acceptors (Lipinski definition) is 3. The number of benzene rings is 1. The SMILES string of the molecule is Cc1cc(C)c2c(c1)NC(C)C(c1cccs1)O2. The van der Waals surface area contributed by atoms with Crippen molar-refractivity contribution in [3.63, 3.8) is 0 Å². The van der Waals surface area contributed by atoms with Gasteiger partial charge in [0.05, 0.1) is 11.7 Å². The van der Waals surface area contributed by atoms with Gasteiger partial charge in [-0.15, -0.1) is 11.3 Å². The second-order valence-corrected chi connectivity index (χ2v) is 5.92. The van der Waals surface area contributed by atoms with Gasteiger partial charge < -0.3 is 10.1 Å². The van der Waals surface area contributed by atoms with Crippen LogP contribution >= 0.6 is 11.3 Å². The van der Waals surface area contributed by atoms with Crippen molar-refractivity contribution in [3.05, 3.63) is 45.6 Å². The summed E-state index contributed by atoms with van der Waals surface area (Å²) in [6.45, 7) is 6.39. The van der Waals surface area contributed by atoms with Crippen LogP contribution in [0.4, 0.5) is 5.69 Å². The molecule has 0 spiro atoms. The van der Waals surface area contributed by atoms with E-state index >= 15 is 0 Å². The topological polar surface area (TPSA) is 21.3 Å². The molecule has 1 N–H and O–H groups in total. The van der Waals surface area contributed by atoms with E-state index in [1.807, 2.05) is 0 Å². The Hall–Kier alpha value is -1.48. The summed E-state index contributed by atoms with van der Waals surface area (Å²) in [5.41, 5.74) is 3.59. The smallest absolute Gasteiger partial charge is 0.153 e. The average molecular weight is 259 g/mol. The average Bonchev–Trinajstić information content (AvgIpc) is 2.81. The fourth-order valence-electron chi connectivity index (χ4n) is 2.53. The number of thiophene rings is 1. The highest BCUT2D eigenvalue weighted by atomic mass is 32.1. The van der Waals surface area contributed by atoms with Gasteiger partial charge in [0.1, 0.15) is 5.75 Å². The van der Waals surface area contributed by atoms with Crippen LogP contribution in [-0.4, -0.2) is 6.04 Å². The van der Waals surface area contributed by atoms with Crippen LogP contribution in [0.3, 0.4) is 0 Å². The summed E-state index contributed by atoms with van der Waals surface area (Å²) >= 11 is 1.75. The maximum absolute atomic E-state index is 6.22. The second-order valence-electron chi connectivity index (χ2n) is 4.95. The summed E-state index contributed by atoms with van der Waals surface area (Å²) in [7, 11) is 0. The van der Waals surface area contributed by atoms with Crippen molar-refractivity contribution < 1.29 is 4.74 Å². The first-order chi connectivity index (χ1) is 8.65. The van der Waals surface area contributed by atoms with E-state index in [1.165, 1.54) is 16.0 Å². The molecule has 1 aromatic carbocycles. The Labute approximate surface area is 112 Å². The number of hydrogen-bond donors (Lipinski definition) is 1. The Kier molecular flexibility index (Phi) is 2.78. The number of rotatable bonds is 1. The summed E-state index contributed by atoms with van der Waals surface area (Å²) in [5, 5.41) is 5.66. The molecule has 94 valence electrons. The normalized spacial score (nSPS) is 21.9. The Morgan fingerprint density at radius 2 is 2.11 bits per heavy atom. The number of fused-ring (bicyclic) bond motifs is 1. The van der Waals surface area contributed by atoms with Crippen LogP contribution in [0.1, 0.15) is 29.0 Å². The molecule has 1 aliphatic rings. The van der Waals surface area contributed by atoms with Gasteiger partial charge in [0.2, 0.25) is 0 Å². The summed E-state index contributed by atoms with van der Waals surface area (Å²) in [6, 6.07) is 8.83. The molecule has 0 fully saturated rings. The van der Waals surface area contributed by atoms with Crippen LogP contribution in [0.5, 0.6) is 5.75 Å². The molecular formula is C15H17NOS. The van der Waals surface area contributed by atoms with Crippen molar-refractivity contribution in [2.75, 3.05) is 5.32 Å². The van der Waals surface area contributed by atoms with Crippen molar-refractivity contribution in [3.8, 4) is 5.75 Å². The lowest BCUT2D eigenvalue weighted by atomic mass is 10.0. The molecule has 3 rings (SSSR count). The van der Waals surface area contributed by atoms with Gasteiger partial charge in [0.25, 0.3) is 0 Å². The molecule has 0 bridgehead atoms. The lowest BCUT2D eigenvalue weighted by molar-refractivity contribution is 0.180. The molecule has 0 saturated heterocycles. The highest BCUT2D eigenvalue weighted by Gasteiger charge is 2.29. The van der Waals surface area contributed by atoms with E-state index in [0.717, 1.165) is 11.4 Å². The van der Waals surface area contributed by atoms with Crippen molar-refractivity contribution in [2.45, 2.75) is 32.9 Å². The predicted molar refractivity (Wildman–Crippen MR) is 76.7 cm³/mol. The van der Waals surface area contributed by atoms with Gasteiger partial charge in [-0.25, -0.2) is 0 Å². The van der Waals surface area contributed by atoms with Gasteiger partial charge in [-0.2, -0.15) is 0 Å². The lowest BCUT2D eigenvalue weighted by Crippen LogP contribution is -2.32. The second kappa shape index (κ2) is 4.32. The third-order valence-corrected chi connectivity index (χ3v) is 4.26. The van der Waals surface area contributed by atoms with Crippen LogP contribution in [0.15, 0.2) is 29.6 Å². The third kappa shape index (κ3) is 1.89. The van der Waals surface area contributed by atoms with E-state index < -0.39 is 0 Å². The van der Waals surface area contributed by atoms with E-state index in [-0.39, 0.29) is 12.1 Å². The van der Waals surface area contributed by atoms with Crippen LogP contribution in [0, 0.1) is 13.8 Å². The van der Waals surface area contributed by atoms with E-state index in [9.17, 15) is 0 Å². The van der Waals surface area contributed by atoms with E-state index in [1.54, 1.807) is 11.3 Å². The molecule has 0 radical (unpaired) electrons. The molecule has 0 amide bonds. The van der Waals surface area contributed by atoms with Gasteiger partial charge in [-0.1, -0.05) is 12.1 Å². The number of nitrogens with one attached hydrogen (secondary N) is 1. The Bertz CT molecular complexity index is 562. The van der Waals surface area contributed by atoms with E-state index in [0.29, 0.717) is 0 Å². The molecule has 2 atom stereocenters. The maximum Gasteiger partial charge on any atom is 0.153 e. The monoisotopic (exact) mass is 259 g/mol. The minimum absolute atomic E-state index is 0.110. The molecule has 1 aromatic heterocycles. The van der Waals surface area contributed by atoms with Crippen molar-refractivity contribution in [1.29, 1.82) is 0 Å². The molecule has 2 nitrogen and oxygen atoms in total. The van der Waals surface area contributed by atoms with Crippen molar-refractivity contribution in [1.82, 2.24) is 0 Å². The third-order valence-electron chi connectivity index (χ3n) is 3.32. The molecule has 2 aromatic rings. The number of aryl methyl sites for hydroxylation is 2. The van der Waals surface area contributed by atoms with Gasteiger partial charge >= 0.3 is 0 Å². The maximum atomic E-state index is 6.22. The molecule has 0 saturated carbocycles. The molecule has 2 unspecified atom stereocenters. The van der Waals surface area contributed by atoms with Gasteiger partial charge in [0.15, 0.2) is 6.10 Å². The minimum Gasteiger partial charge on any atom is -0.480 e. The van der Waals surface area contributed by atoms with Gasteiger partial charge in [-0.05, 0) is 49.4 Å². The van der Waals surface area contributed by atoms with Crippen LogP contribution in [0.25, 0.3) is 0 Å². The first-order valence-corrected chi connectivity index (χ1v) is 7.11. The molecule has 1 aliphatic heterocycles. The fraction of sp³-hybridized carbons (Fsp3) is 0.333. The lowest BCUT2D eigenvalue weighted by Gasteiger charge is -2.33. The van der Waals surface area contributed by atoms with E-state index in [4.69, 9.17) is 4.74 Å². The van der Waals surface area contributed by atoms with E-state index in [2.05, 4.69) is 55.7 Å². The highest BCUT2D eigenvalue weighted by molar-refractivity contribution is 7.10. The standard InChI is InChI=1S/C15H17NOS/c1-9-7-10(2)14-12(8-9)16-11(3)15(17-14)13-5-4-6-18-13/h4-8,11,15-16H,1-3H3. The van der Waals surface area contributed by atoms with Gasteiger partial charge in [0, 0.05) is 4.88 Å². The minimum atomic E-state index is 0.110.